The molecular weight excluding hydrogens is 652 g/mol. The second-order valence-corrected chi connectivity index (χ2v) is 14.5. The van der Waals surface area contributed by atoms with Gasteiger partial charge in [0, 0.05) is 27.3 Å². The first-order valence-corrected chi connectivity index (χ1v) is 16.8. The average Bonchev–Trinajstić information content (AvgIpc) is 3.79. The Morgan fingerprint density at radius 3 is 2.43 bits per heavy atom. The Labute approximate surface area is 274 Å². The van der Waals surface area contributed by atoms with Crippen molar-refractivity contribution in [3.8, 4) is 5.75 Å². The molecule has 3 fully saturated rings. The SMILES string of the molecule is O=C(COc1ccccc1[C@@H]1c2sc(=O)[nH]c2S[C@@H]2[C@@H]3C[C@@H]([C@@H]4C(=O)N(c5ccccc5)C(=O)[C@@H]34)[C@H]12)Nc1cccc(C(F)(F)F)c1. The number of carbonyl (C=O) groups is 3. The fourth-order valence-electron chi connectivity index (χ4n) is 8.18. The van der Waals surface area contributed by atoms with E-state index in [1.54, 1.807) is 48.2 Å². The number of halogens is 3. The number of nitrogens with one attached hydrogen (secondary N) is 2. The van der Waals surface area contributed by atoms with Crippen LogP contribution in [0.1, 0.15) is 28.3 Å². The lowest BCUT2D eigenvalue weighted by molar-refractivity contribution is -0.137. The minimum Gasteiger partial charge on any atom is -0.483 e. The molecule has 3 heterocycles. The van der Waals surface area contributed by atoms with Crippen LogP contribution >= 0.6 is 23.1 Å². The van der Waals surface area contributed by atoms with Crippen molar-refractivity contribution in [2.75, 3.05) is 16.8 Å². The summed E-state index contributed by atoms with van der Waals surface area (Å²) in [6.07, 6.45) is -3.83. The number of para-hydroxylation sites is 2. The van der Waals surface area contributed by atoms with Gasteiger partial charge < -0.3 is 15.0 Å². The highest BCUT2D eigenvalue weighted by Gasteiger charge is 2.69. The van der Waals surface area contributed by atoms with Crippen LogP contribution in [0.25, 0.3) is 0 Å². The van der Waals surface area contributed by atoms with Crippen LogP contribution in [-0.4, -0.2) is 34.6 Å². The number of thiazole rings is 1. The van der Waals surface area contributed by atoms with Crippen LogP contribution < -0.4 is 19.8 Å². The molecule has 240 valence electrons. The lowest BCUT2D eigenvalue weighted by Crippen LogP contribution is -2.42. The molecule has 1 saturated heterocycles. The van der Waals surface area contributed by atoms with E-state index in [9.17, 15) is 32.3 Å². The van der Waals surface area contributed by atoms with Crippen LogP contribution in [0, 0.1) is 29.6 Å². The number of hydrogen-bond donors (Lipinski definition) is 2. The zero-order chi connectivity index (χ0) is 32.6. The van der Waals surface area contributed by atoms with E-state index in [0.717, 1.165) is 45.4 Å². The van der Waals surface area contributed by atoms with Gasteiger partial charge >= 0.3 is 11.0 Å². The van der Waals surface area contributed by atoms with Crippen molar-refractivity contribution in [2.45, 2.75) is 28.8 Å². The van der Waals surface area contributed by atoms with E-state index >= 15 is 0 Å². The molecule has 0 radical (unpaired) electrons. The van der Waals surface area contributed by atoms with Crippen LogP contribution in [0.3, 0.4) is 0 Å². The summed E-state index contributed by atoms with van der Waals surface area (Å²) in [6, 6.07) is 20.5. The highest BCUT2D eigenvalue weighted by Crippen LogP contribution is 2.69. The van der Waals surface area contributed by atoms with Gasteiger partial charge in [0.25, 0.3) is 5.91 Å². The van der Waals surface area contributed by atoms with Crippen LogP contribution in [0.2, 0.25) is 0 Å². The number of fused-ring (bicyclic) bond motifs is 9. The summed E-state index contributed by atoms with van der Waals surface area (Å²) in [5, 5.41) is 3.17. The van der Waals surface area contributed by atoms with Crippen molar-refractivity contribution in [1.82, 2.24) is 4.98 Å². The topological polar surface area (TPSA) is 109 Å². The van der Waals surface area contributed by atoms with Crippen molar-refractivity contribution in [2.24, 2.45) is 29.6 Å². The van der Waals surface area contributed by atoms with E-state index in [1.807, 2.05) is 18.2 Å². The first-order chi connectivity index (χ1) is 22.6. The number of carbonyl (C=O) groups excluding carboxylic acids is 3. The zero-order valence-electron chi connectivity index (χ0n) is 24.4. The molecule has 4 aromatic rings. The van der Waals surface area contributed by atoms with E-state index in [2.05, 4.69) is 10.3 Å². The summed E-state index contributed by atoms with van der Waals surface area (Å²) in [5.74, 6) is -2.10. The van der Waals surface area contributed by atoms with Gasteiger partial charge in [-0.2, -0.15) is 13.2 Å². The average molecular weight is 678 g/mol. The molecule has 0 unspecified atom stereocenters. The second kappa shape index (κ2) is 11.1. The Bertz CT molecular complexity index is 1980. The number of nitrogens with zero attached hydrogens (tertiary/aromatic N) is 1. The van der Waals surface area contributed by atoms with E-state index in [-0.39, 0.29) is 51.3 Å². The number of benzene rings is 3. The number of aromatic amines is 1. The largest absolute Gasteiger partial charge is 0.483 e. The number of thioether (sulfide) groups is 1. The Kier molecular flexibility index (Phi) is 7.10. The molecule has 8 nitrogen and oxygen atoms in total. The summed E-state index contributed by atoms with van der Waals surface area (Å²) in [4.78, 5) is 58.2. The van der Waals surface area contributed by atoms with E-state index in [0.29, 0.717) is 11.4 Å². The van der Waals surface area contributed by atoms with Gasteiger partial charge in [0.2, 0.25) is 11.8 Å². The Morgan fingerprint density at radius 2 is 1.66 bits per heavy atom. The molecule has 2 aliphatic carbocycles. The Morgan fingerprint density at radius 1 is 0.936 bits per heavy atom. The van der Waals surface area contributed by atoms with E-state index in [1.165, 1.54) is 17.0 Å². The number of alkyl halides is 3. The number of hydrogen-bond acceptors (Lipinski definition) is 7. The molecule has 13 heteroatoms. The standard InChI is InChI=1S/C34H26F3N3O5S2/c35-34(36,37)16-7-6-8-17(13-16)38-23(41)15-45-22-12-5-4-11-19(22)24-25-20-14-21(28(25)46-30-29(24)47-33(44)39-30)27-26(20)31(42)40(32(27)43)18-9-2-1-3-10-18/h1-13,20-21,24-28H,14-15H2,(H,38,41)(H,39,44)/t20-,21-,24+,25-,26+,27+,28-/m1/s1. The number of imide groups is 1. The Hall–Kier alpha value is -4.36. The predicted molar refractivity (Wildman–Crippen MR) is 169 cm³/mol. The summed E-state index contributed by atoms with van der Waals surface area (Å²) >= 11 is 2.69. The predicted octanol–water partition coefficient (Wildman–Crippen LogP) is 6.15. The molecule has 2 aliphatic heterocycles. The fraction of sp³-hybridized carbons (Fsp3) is 0.294. The molecule has 8 rings (SSSR count). The summed E-state index contributed by atoms with van der Waals surface area (Å²) in [5.41, 5.74) is 0.420. The fourth-order valence-corrected chi connectivity index (χ4v) is 11.1. The minimum atomic E-state index is -4.55. The van der Waals surface area contributed by atoms with Crippen LogP contribution in [-0.2, 0) is 20.6 Å². The van der Waals surface area contributed by atoms with Crippen molar-refractivity contribution in [1.29, 1.82) is 0 Å². The summed E-state index contributed by atoms with van der Waals surface area (Å²) in [6.45, 7) is -0.463. The third-order valence-corrected chi connectivity index (χ3v) is 12.4. The molecule has 1 aromatic heterocycles. The molecule has 4 aliphatic rings. The molecule has 7 atom stereocenters. The first kappa shape index (κ1) is 30.0. The van der Waals surface area contributed by atoms with Crippen LogP contribution in [0.5, 0.6) is 5.75 Å². The van der Waals surface area contributed by atoms with Crippen LogP contribution in [0.15, 0.2) is 88.7 Å². The van der Waals surface area contributed by atoms with Gasteiger partial charge in [-0.05, 0) is 60.6 Å². The van der Waals surface area contributed by atoms with E-state index < -0.39 is 36.1 Å². The van der Waals surface area contributed by atoms with Gasteiger partial charge in [-0.15, -0.1) is 11.8 Å². The molecule has 2 N–H and O–H groups in total. The van der Waals surface area contributed by atoms with Crippen molar-refractivity contribution < 1.29 is 32.3 Å². The summed E-state index contributed by atoms with van der Waals surface area (Å²) < 4.78 is 45.5. The van der Waals surface area contributed by atoms with Gasteiger partial charge in [-0.25, -0.2) is 0 Å². The Balaban J connectivity index is 1.10. The third-order valence-electron chi connectivity index (χ3n) is 9.82. The van der Waals surface area contributed by atoms with Gasteiger partial charge in [0.15, 0.2) is 6.61 Å². The number of amides is 3. The minimum absolute atomic E-state index is 0.00698. The van der Waals surface area contributed by atoms with E-state index in [4.69, 9.17) is 4.74 Å². The van der Waals surface area contributed by atoms with Crippen molar-refractivity contribution >= 4 is 52.2 Å². The maximum Gasteiger partial charge on any atom is 0.416 e. The smallest absolute Gasteiger partial charge is 0.416 e. The lowest BCUT2D eigenvalue weighted by Gasteiger charge is -2.43. The molecule has 47 heavy (non-hydrogen) atoms. The third kappa shape index (κ3) is 4.89. The normalized spacial score (nSPS) is 27.4. The second-order valence-electron chi connectivity index (χ2n) is 12.3. The molecule has 2 bridgehead atoms. The van der Waals surface area contributed by atoms with Gasteiger partial charge in [0.05, 0.1) is 28.1 Å². The van der Waals surface area contributed by atoms with Gasteiger partial charge in [-0.3, -0.25) is 24.1 Å². The molecule has 0 spiro atoms. The quantitative estimate of drug-likeness (QED) is 0.237. The monoisotopic (exact) mass is 677 g/mol. The highest BCUT2D eigenvalue weighted by molar-refractivity contribution is 8.00. The summed E-state index contributed by atoms with van der Waals surface area (Å²) in [7, 11) is 0. The van der Waals surface area contributed by atoms with Crippen LogP contribution in [0.4, 0.5) is 24.5 Å². The maximum absolute atomic E-state index is 13.9. The first-order valence-electron chi connectivity index (χ1n) is 15.1. The van der Waals surface area contributed by atoms with Gasteiger partial charge in [0.1, 0.15) is 5.75 Å². The van der Waals surface area contributed by atoms with Crippen molar-refractivity contribution in [3.05, 3.63) is 105 Å². The van der Waals surface area contributed by atoms with Crippen molar-refractivity contribution in [3.63, 3.8) is 0 Å². The zero-order valence-corrected chi connectivity index (χ0v) is 26.0. The highest BCUT2D eigenvalue weighted by atomic mass is 32.2. The number of ether oxygens (including phenoxy) is 1. The van der Waals surface area contributed by atoms with Gasteiger partial charge in [-0.1, -0.05) is 53.8 Å². The maximum atomic E-state index is 13.9. The number of aromatic nitrogens is 1. The molecule has 3 amide bonds. The number of H-pyrrole nitrogens is 1. The lowest BCUT2D eigenvalue weighted by atomic mass is 9.68. The molecule has 3 aromatic carbocycles. The number of anilines is 2. The molecule has 2 saturated carbocycles. The molecular formula is C34H26F3N3O5S2. The number of rotatable bonds is 6.